The molecule has 0 aromatic heterocycles. The van der Waals surface area contributed by atoms with Crippen molar-refractivity contribution < 1.29 is 9.59 Å². The van der Waals surface area contributed by atoms with Gasteiger partial charge in [-0.2, -0.15) is 10.0 Å². The fourth-order valence-corrected chi connectivity index (χ4v) is 2.09. The first kappa shape index (κ1) is 23.3. The number of urea groups is 2. The third kappa shape index (κ3) is 11.5. The van der Waals surface area contributed by atoms with Crippen LogP contribution in [-0.4, -0.2) is 60.0 Å². The monoisotopic (exact) mass is 398 g/mol. The van der Waals surface area contributed by atoms with Crippen molar-refractivity contribution in [2.45, 2.75) is 32.1 Å². The highest BCUT2D eigenvalue weighted by Gasteiger charge is 2.13. The van der Waals surface area contributed by atoms with Crippen LogP contribution in [-0.2, 0) is 0 Å². The largest absolute Gasteiger partial charge is 0.340 e. The first-order valence-electron chi connectivity index (χ1n) is 7.99. The predicted octanol–water partition coefficient (Wildman–Crippen LogP) is 2.80. The third-order valence-corrected chi connectivity index (χ3v) is 3.53. The fourth-order valence-electron chi connectivity index (χ4n) is 1.90. The smallest absolute Gasteiger partial charge is 0.335 e. The second-order valence-electron chi connectivity index (χ2n) is 5.02. The summed E-state index contributed by atoms with van der Waals surface area (Å²) < 4.78 is 0. The maximum atomic E-state index is 11.5. The van der Waals surface area contributed by atoms with Crippen molar-refractivity contribution in [1.82, 2.24) is 20.7 Å². The van der Waals surface area contributed by atoms with Gasteiger partial charge in [0.25, 0.3) is 0 Å². The van der Waals surface area contributed by atoms with Crippen molar-refractivity contribution in [1.29, 1.82) is 0 Å². The lowest BCUT2D eigenvalue weighted by Crippen LogP contribution is -2.37. The van der Waals surface area contributed by atoms with E-state index >= 15 is 0 Å². The van der Waals surface area contributed by atoms with E-state index in [0.29, 0.717) is 12.8 Å². The van der Waals surface area contributed by atoms with Crippen molar-refractivity contribution in [3.8, 4) is 0 Å². The minimum Gasteiger partial charge on any atom is -0.335 e. The van der Waals surface area contributed by atoms with E-state index in [-0.39, 0.29) is 37.9 Å². The average Bonchev–Trinajstić information content (AvgIpc) is 2.63. The summed E-state index contributed by atoms with van der Waals surface area (Å²) in [5.41, 5.74) is 0. The molecule has 0 unspecified atom stereocenters. The van der Waals surface area contributed by atoms with Gasteiger partial charge in [-0.3, -0.25) is 0 Å². The topological polar surface area (TPSA) is 124 Å². The molecule has 0 aliphatic carbocycles. The summed E-state index contributed by atoms with van der Waals surface area (Å²) in [5.74, 6) is 0.518. The zero-order chi connectivity index (χ0) is 18.9. The van der Waals surface area contributed by atoms with Gasteiger partial charge in [0.15, 0.2) is 0 Å². The maximum Gasteiger partial charge on any atom is 0.340 e. The molecule has 0 aromatic rings. The minimum absolute atomic E-state index is 0.223. The molecule has 25 heavy (non-hydrogen) atoms. The molecule has 0 fully saturated rings. The van der Waals surface area contributed by atoms with Crippen LogP contribution in [0.4, 0.5) is 9.59 Å². The van der Waals surface area contributed by atoms with Crippen molar-refractivity contribution in [3.05, 3.63) is 9.81 Å². The number of hydrogen-bond acceptors (Lipinski definition) is 6. The number of amides is 4. The van der Waals surface area contributed by atoms with Crippen molar-refractivity contribution in [2.75, 3.05) is 37.9 Å². The number of carbonyl (C=O) groups is 2. The lowest BCUT2D eigenvalue weighted by Gasteiger charge is -2.14. The van der Waals surface area contributed by atoms with E-state index in [2.05, 4.69) is 21.2 Å². The Labute approximate surface area is 156 Å². The third-order valence-electron chi connectivity index (χ3n) is 3.15. The van der Waals surface area contributed by atoms with Gasteiger partial charge in [-0.1, -0.05) is 19.3 Å². The van der Waals surface area contributed by atoms with Gasteiger partial charge < -0.3 is 10.6 Å². The van der Waals surface area contributed by atoms with Crippen LogP contribution in [0.2, 0.25) is 0 Å². The van der Waals surface area contributed by atoms with Crippen LogP contribution in [0.25, 0.3) is 0 Å². The molecule has 0 aliphatic heterocycles. The van der Waals surface area contributed by atoms with Crippen LogP contribution in [0.5, 0.6) is 0 Å². The van der Waals surface area contributed by atoms with Gasteiger partial charge in [0.1, 0.15) is 0 Å². The molecule has 0 saturated carbocycles. The molecule has 0 aromatic carbocycles. The van der Waals surface area contributed by atoms with Gasteiger partial charge in [0.05, 0.1) is 10.6 Å². The maximum absolute atomic E-state index is 11.5. The molecule has 0 aliphatic rings. The number of unbranched alkanes of at least 4 members (excludes halogenated alkanes) is 4. The first-order chi connectivity index (χ1) is 12.1. The predicted molar refractivity (Wildman–Crippen MR) is 96.3 cm³/mol. The zero-order valence-electron chi connectivity index (χ0n) is 14.0. The highest BCUT2D eigenvalue weighted by Crippen LogP contribution is 2.06. The van der Waals surface area contributed by atoms with Gasteiger partial charge in [-0.15, -0.1) is 33.0 Å². The van der Waals surface area contributed by atoms with E-state index in [4.69, 9.17) is 23.2 Å². The molecule has 0 bridgehead atoms. The number of nitrogens with zero attached hydrogens (tertiary/aromatic N) is 4. The first-order valence-corrected chi connectivity index (χ1v) is 9.06. The van der Waals surface area contributed by atoms with E-state index in [0.717, 1.165) is 29.3 Å². The molecule has 0 atom stereocenters. The lowest BCUT2D eigenvalue weighted by atomic mass is 10.1. The summed E-state index contributed by atoms with van der Waals surface area (Å²) >= 11 is 10.9. The normalized spacial score (nSPS) is 10.0. The van der Waals surface area contributed by atoms with E-state index in [1.54, 1.807) is 0 Å². The minimum atomic E-state index is -0.564. The van der Waals surface area contributed by atoms with Crippen LogP contribution >= 0.6 is 23.2 Å². The van der Waals surface area contributed by atoms with Gasteiger partial charge >= 0.3 is 12.1 Å². The van der Waals surface area contributed by atoms with Gasteiger partial charge in [0, 0.05) is 37.9 Å². The number of rotatable bonds is 14. The Morgan fingerprint density at radius 1 is 0.720 bits per heavy atom. The van der Waals surface area contributed by atoms with E-state index < -0.39 is 12.1 Å². The summed E-state index contributed by atoms with van der Waals surface area (Å²) in [4.78, 5) is 44.3. The second-order valence-corrected chi connectivity index (χ2v) is 5.78. The summed E-state index contributed by atoms with van der Waals surface area (Å²) in [6.45, 7) is 0.985. The van der Waals surface area contributed by atoms with Crippen LogP contribution in [0.1, 0.15) is 32.1 Å². The van der Waals surface area contributed by atoms with Crippen LogP contribution < -0.4 is 10.6 Å². The van der Waals surface area contributed by atoms with Crippen molar-refractivity contribution >= 4 is 35.3 Å². The number of carbonyl (C=O) groups excluding carboxylic acids is 2. The molecule has 144 valence electrons. The lowest BCUT2D eigenvalue weighted by molar-refractivity contribution is 0.198. The summed E-state index contributed by atoms with van der Waals surface area (Å²) in [5, 5.41) is 11.9. The van der Waals surface area contributed by atoms with Crippen molar-refractivity contribution in [2.24, 2.45) is 10.6 Å². The molecular weight excluding hydrogens is 375 g/mol. The van der Waals surface area contributed by atoms with E-state index in [1.165, 1.54) is 0 Å². The van der Waals surface area contributed by atoms with E-state index in [9.17, 15) is 19.4 Å². The van der Waals surface area contributed by atoms with Crippen molar-refractivity contribution in [3.63, 3.8) is 0 Å². The Hall–Kier alpha value is -1.68. The molecular formula is C13H24Cl2N6O4. The van der Waals surface area contributed by atoms with Crippen LogP contribution in [0.3, 0.4) is 0 Å². The average molecular weight is 399 g/mol. The number of alkyl halides is 2. The highest BCUT2D eigenvalue weighted by molar-refractivity contribution is 6.18. The molecule has 4 amide bonds. The number of hydrogen-bond donors (Lipinski definition) is 2. The van der Waals surface area contributed by atoms with Gasteiger partial charge in [-0.25, -0.2) is 9.59 Å². The Morgan fingerprint density at radius 3 is 1.40 bits per heavy atom. The van der Waals surface area contributed by atoms with Gasteiger partial charge in [0.2, 0.25) is 0 Å². The molecule has 0 saturated heterocycles. The molecule has 2 N–H and O–H groups in total. The zero-order valence-corrected chi connectivity index (χ0v) is 15.5. The van der Waals surface area contributed by atoms with E-state index in [1.807, 2.05) is 0 Å². The molecule has 0 spiro atoms. The Kier molecular flexibility index (Phi) is 14.8. The van der Waals surface area contributed by atoms with Crippen LogP contribution in [0.15, 0.2) is 10.6 Å². The fraction of sp³-hybridized carbons (Fsp3) is 0.846. The SMILES string of the molecule is O=NN(CCCCCCCN(N=O)C(=O)NCCCl)C(=O)NCCCl. The Morgan fingerprint density at radius 2 is 1.08 bits per heavy atom. The quantitative estimate of drug-likeness (QED) is 0.202. The molecule has 0 rings (SSSR count). The summed E-state index contributed by atoms with van der Waals surface area (Å²) in [6, 6.07) is -1.13. The Balaban J connectivity index is 3.80. The summed E-state index contributed by atoms with van der Waals surface area (Å²) in [6.07, 6.45) is 3.62. The van der Waals surface area contributed by atoms with Crippen LogP contribution in [0, 0.1) is 9.81 Å². The molecule has 0 radical (unpaired) electrons. The molecule has 10 nitrogen and oxygen atoms in total. The number of nitroso groups, excluding NO2 is 2. The molecule has 12 heteroatoms. The Bertz CT molecular complexity index is 380. The van der Waals surface area contributed by atoms with Gasteiger partial charge in [-0.05, 0) is 12.8 Å². The summed E-state index contributed by atoms with van der Waals surface area (Å²) in [7, 11) is 0. The number of nitrogens with one attached hydrogen (secondary N) is 2. The highest BCUT2D eigenvalue weighted by atomic mass is 35.5. The standard InChI is InChI=1S/C13H24Cl2N6O4/c14-6-8-16-12(22)20(18-24)10-4-2-1-3-5-11-21(19-25)13(23)17-9-7-15/h1-11H2,(H,16,22)(H,17,23). The second kappa shape index (κ2) is 15.8. The molecule has 0 heterocycles. The number of halogens is 2.